The molecule has 2 aliphatic carbocycles. The minimum absolute atomic E-state index is 0.163. The molecule has 0 saturated carbocycles. The maximum atomic E-state index is 6.49. The van der Waals surface area contributed by atoms with Gasteiger partial charge in [0.15, 0.2) is 0 Å². The lowest BCUT2D eigenvalue weighted by Crippen LogP contribution is -2.06. The summed E-state index contributed by atoms with van der Waals surface area (Å²) in [5, 5.41) is 4.88. The molecule has 1 aromatic carbocycles. The lowest BCUT2D eigenvalue weighted by Gasteiger charge is -2.10. The minimum Gasteiger partial charge on any atom is -0.365 e. The van der Waals surface area contributed by atoms with Crippen LogP contribution in [-0.4, -0.2) is 20.9 Å². The Bertz CT molecular complexity index is 1010. The van der Waals surface area contributed by atoms with Crippen molar-refractivity contribution in [1.29, 1.82) is 0 Å². The number of allylic oxidation sites excluding steroid dienone is 10. The summed E-state index contributed by atoms with van der Waals surface area (Å²) in [5.74, 6) is 0. The lowest BCUT2D eigenvalue weighted by atomic mass is 10.00. The van der Waals surface area contributed by atoms with Gasteiger partial charge < -0.3 is 4.74 Å². The second-order valence-corrected chi connectivity index (χ2v) is 7.34. The van der Waals surface area contributed by atoms with Gasteiger partial charge in [-0.1, -0.05) is 78.4 Å². The average Bonchev–Trinajstić information content (AvgIpc) is 3.03. The van der Waals surface area contributed by atoms with Crippen LogP contribution in [0.15, 0.2) is 113 Å². The van der Waals surface area contributed by atoms with Crippen molar-refractivity contribution in [3.63, 3.8) is 0 Å². The maximum absolute atomic E-state index is 6.49. The van der Waals surface area contributed by atoms with Crippen molar-refractivity contribution in [2.75, 3.05) is 0 Å². The van der Waals surface area contributed by atoms with Crippen LogP contribution >= 0.6 is 11.6 Å². The van der Waals surface area contributed by atoms with E-state index in [9.17, 15) is 0 Å². The normalized spacial score (nSPS) is 19.0. The highest BCUT2D eigenvalue weighted by molar-refractivity contribution is 6.31. The zero-order valence-corrected chi connectivity index (χ0v) is 16.7. The third-order valence-corrected chi connectivity index (χ3v) is 4.93. The van der Waals surface area contributed by atoms with Crippen LogP contribution < -0.4 is 0 Å². The fourth-order valence-electron chi connectivity index (χ4n) is 3.24. The van der Waals surface area contributed by atoms with Gasteiger partial charge in [-0.2, -0.15) is 5.10 Å². The van der Waals surface area contributed by atoms with Crippen LogP contribution in [0.2, 0.25) is 0 Å². The van der Waals surface area contributed by atoms with Crippen LogP contribution in [0.4, 0.5) is 0 Å². The first-order valence-corrected chi connectivity index (χ1v) is 9.96. The predicted octanol–water partition coefficient (Wildman–Crippen LogP) is 5.30. The monoisotopic (exact) mass is 403 g/mol. The molecule has 0 aliphatic heterocycles. The topological polar surface area (TPSA) is 39.9 Å². The van der Waals surface area contributed by atoms with Gasteiger partial charge >= 0.3 is 0 Å². The van der Waals surface area contributed by atoms with E-state index in [1.165, 1.54) is 5.57 Å². The number of hydrogen-bond donors (Lipinski definition) is 0. The van der Waals surface area contributed by atoms with Gasteiger partial charge in [-0.25, -0.2) is 9.67 Å². The molecule has 0 saturated heterocycles. The quantitative estimate of drug-likeness (QED) is 0.657. The Kier molecular flexibility index (Phi) is 6.35. The number of hydrogen-bond acceptors (Lipinski definition) is 3. The maximum Gasteiger partial charge on any atom is 0.137 e. The van der Waals surface area contributed by atoms with E-state index in [0.29, 0.717) is 18.2 Å². The van der Waals surface area contributed by atoms with Gasteiger partial charge in [0.2, 0.25) is 0 Å². The van der Waals surface area contributed by atoms with Gasteiger partial charge in [0.1, 0.15) is 12.7 Å². The summed E-state index contributed by atoms with van der Waals surface area (Å²) in [6, 6.07) is 10.1. The van der Waals surface area contributed by atoms with Crippen molar-refractivity contribution in [2.45, 2.75) is 25.7 Å². The van der Waals surface area contributed by atoms with Gasteiger partial charge in [-0.05, 0) is 40.9 Å². The van der Waals surface area contributed by atoms with E-state index in [2.05, 4.69) is 58.7 Å². The van der Waals surface area contributed by atoms with Gasteiger partial charge in [0.05, 0.1) is 19.3 Å². The van der Waals surface area contributed by atoms with E-state index in [0.717, 1.165) is 23.1 Å². The fraction of sp³-hybridized carbons (Fsp3) is 0.167. The van der Waals surface area contributed by atoms with Crippen LogP contribution in [0.1, 0.15) is 12.0 Å². The second kappa shape index (κ2) is 9.50. The molecule has 0 fully saturated rings. The summed E-state index contributed by atoms with van der Waals surface area (Å²) in [7, 11) is 0. The molecule has 4 rings (SSSR count). The largest absolute Gasteiger partial charge is 0.365 e. The van der Waals surface area contributed by atoms with E-state index >= 15 is 0 Å². The fourth-order valence-corrected chi connectivity index (χ4v) is 3.49. The molecule has 0 spiro atoms. The van der Waals surface area contributed by atoms with Crippen molar-refractivity contribution in [2.24, 2.45) is 0 Å². The van der Waals surface area contributed by atoms with E-state index in [1.807, 2.05) is 35.0 Å². The zero-order valence-electron chi connectivity index (χ0n) is 16.0. The smallest absolute Gasteiger partial charge is 0.137 e. The first-order chi connectivity index (χ1) is 14.3. The Morgan fingerprint density at radius 1 is 1.17 bits per heavy atom. The zero-order chi connectivity index (χ0) is 19.9. The number of benzene rings is 1. The number of aromatic nitrogens is 3. The van der Waals surface area contributed by atoms with Gasteiger partial charge in [0, 0.05) is 5.03 Å². The molecule has 1 aromatic heterocycles. The number of halogens is 1. The third kappa shape index (κ3) is 5.53. The van der Waals surface area contributed by atoms with Crippen LogP contribution in [0.3, 0.4) is 0 Å². The lowest BCUT2D eigenvalue weighted by molar-refractivity contribution is 0.102. The summed E-state index contributed by atoms with van der Waals surface area (Å²) in [5.41, 5.74) is 4.60. The van der Waals surface area contributed by atoms with Crippen molar-refractivity contribution in [1.82, 2.24) is 14.8 Å². The van der Waals surface area contributed by atoms with E-state index in [4.69, 9.17) is 16.3 Å². The molecule has 0 radical (unpaired) electrons. The highest BCUT2D eigenvalue weighted by Crippen LogP contribution is 2.27. The molecule has 0 bridgehead atoms. The Balaban J connectivity index is 1.48. The molecule has 5 heteroatoms. The molecule has 146 valence electrons. The van der Waals surface area contributed by atoms with Gasteiger partial charge in [-0.15, -0.1) is 0 Å². The van der Waals surface area contributed by atoms with Crippen molar-refractivity contribution in [3.8, 4) is 0 Å². The molecule has 4 nitrogen and oxygen atoms in total. The van der Waals surface area contributed by atoms with Crippen LogP contribution in [-0.2, 0) is 17.9 Å². The summed E-state index contributed by atoms with van der Waals surface area (Å²) in [4.78, 5) is 4.01. The van der Waals surface area contributed by atoms with E-state index in [-0.39, 0.29) is 6.10 Å². The Morgan fingerprint density at radius 3 is 2.90 bits per heavy atom. The molecule has 0 amide bonds. The van der Waals surface area contributed by atoms with E-state index in [1.54, 1.807) is 12.7 Å². The van der Waals surface area contributed by atoms with Crippen LogP contribution in [0.5, 0.6) is 0 Å². The Labute approximate surface area is 175 Å². The molecular weight excluding hydrogens is 382 g/mol. The van der Waals surface area contributed by atoms with Crippen molar-refractivity contribution < 1.29 is 4.74 Å². The number of ether oxygens (including phenoxy) is 1. The third-order valence-electron chi connectivity index (χ3n) is 4.69. The first kappa shape index (κ1) is 19.4. The molecule has 1 atom stereocenters. The molecule has 1 heterocycles. The predicted molar refractivity (Wildman–Crippen MR) is 116 cm³/mol. The molecule has 2 aliphatic rings. The SMILES string of the molecule is ClC1=CC(OCc2ccccc2)C=CC(C2=CC(Cn3cncn3)=CC=CC2)=C1. The Hall–Kier alpha value is -2.95. The number of nitrogens with zero attached hydrogens (tertiary/aromatic N) is 3. The standard InChI is InChI=1S/C24H22ClN3O/c25-23-13-22(10-11-24(14-23)29-16-19-6-2-1-3-7-19)21-9-5-4-8-20(12-21)15-28-18-26-17-27-28/h1-8,10-14,17-18,24H,9,15-16H2. The second-order valence-electron chi connectivity index (χ2n) is 6.91. The van der Waals surface area contributed by atoms with Gasteiger partial charge in [0.25, 0.3) is 0 Å². The number of rotatable bonds is 6. The molecular formula is C24H22ClN3O. The van der Waals surface area contributed by atoms with E-state index < -0.39 is 0 Å². The summed E-state index contributed by atoms with van der Waals surface area (Å²) in [6.07, 6.45) is 20.6. The van der Waals surface area contributed by atoms with Crippen LogP contribution in [0, 0.1) is 0 Å². The summed E-state index contributed by atoms with van der Waals surface area (Å²) in [6.45, 7) is 1.22. The highest BCUT2D eigenvalue weighted by Gasteiger charge is 2.12. The summed E-state index contributed by atoms with van der Waals surface area (Å²) < 4.78 is 7.84. The minimum atomic E-state index is -0.163. The average molecular weight is 404 g/mol. The molecule has 29 heavy (non-hydrogen) atoms. The van der Waals surface area contributed by atoms with Crippen LogP contribution in [0.25, 0.3) is 0 Å². The Morgan fingerprint density at radius 2 is 2.07 bits per heavy atom. The first-order valence-electron chi connectivity index (χ1n) is 9.58. The molecule has 2 aromatic rings. The van der Waals surface area contributed by atoms with Crippen molar-refractivity contribution >= 4 is 11.6 Å². The molecule has 1 unspecified atom stereocenters. The van der Waals surface area contributed by atoms with Crippen molar-refractivity contribution in [3.05, 3.63) is 119 Å². The molecule has 0 N–H and O–H groups in total. The summed E-state index contributed by atoms with van der Waals surface area (Å²) >= 11 is 6.49. The van der Waals surface area contributed by atoms with Gasteiger partial charge in [-0.3, -0.25) is 0 Å². The highest BCUT2D eigenvalue weighted by atomic mass is 35.5.